The van der Waals surface area contributed by atoms with Gasteiger partial charge < -0.3 is 9.68 Å². The summed E-state index contributed by atoms with van der Waals surface area (Å²) in [4.78, 5) is 28.9. The predicted molar refractivity (Wildman–Crippen MR) is 527 cm³/mol. The fourth-order valence-electron chi connectivity index (χ4n) is 20.3. The van der Waals surface area contributed by atoms with E-state index in [2.05, 4.69) is 356 Å². The number of hydrogen-bond acceptors (Lipinski definition) is 10. The van der Waals surface area contributed by atoms with Crippen LogP contribution in [-0.2, 0) is 10.8 Å². The van der Waals surface area contributed by atoms with E-state index in [1.165, 1.54) is 140 Å². The number of thiophene rings is 2. The normalized spacial score (nSPS) is 12.7. The standard InChI is InChI=1S/C58H35N3S.C31H20BO2.C27H16ClN3S/c1-2-15-36(16-3-1)55-59-56(61-57(60-55)41-20-13-18-39(34-41)42-25-14-26-48-47-24-7-11-30-53(47)62-54(42)48)40-19-12-17-37(33-40)38-31-32-46-45-23-6-10-29-51(45)58(52(46)35-38)49-27-8-4-21-43(49)44-22-5-9-28-50(44)58;33-32-34-22-9-7-8-20(18-22)21-16-17-26-25-12-3-6-15-29(25)31(30(26)19-21)27-13-4-1-10-23(27)24-11-2-5-14-28(24)31;28-27-30-25(17-8-2-1-3-9-17)29-26(31-27)19-11-6-10-18(16-19)20-13-7-14-22-21-12-4-5-15-23(21)32-24(20)22/h1-35H;1-19,33H;1-16H. The summed E-state index contributed by atoms with van der Waals surface area (Å²) in [5, 5.41) is 14.4. The van der Waals surface area contributed by atoms with Crippen molar-refractivity contribution in [2.24, 2.45) is 0 Å². The Bertz CT molecular complexity index is 8110. The van der Waals surface area contributed by atoms with Gasteiger partial charge in [0.15, 0.2) is 29.1 Å². The van der Waals surface area contributed by atoms with Crippen molar-refractivity contribution < 1.29 is 9.68 Å². The molecule has 0 saturated heterocycles. The summed E-state index contributed by atoms with van der Waals surface area (Å²) >= 11 is 9.94. The average molecular weight is 1690 g/mol. The van der Waals surface area contributed by atoms with Crippen LogP contribution < -0.4 is 4.65 Å². The summed E-state index contributed by atoms with van der Waals surface area (Å²) in [5.74, 6) is 3.66. The van der Waals surface area contributed by atoms with E-state index in [0.29, 0.717) is 34.9 Å². The number of fused-ring (bicyclic) bond motifs is 26. The monoisotopic (exact) mass is 1690 g/mol. The molecule has 4 aromatic heterocycles. The second-order valence-corrected chi connectivity index (χ2v) is 35.1. The van der Waals surface area contributed by atoms with Crippen LogP contribution in [0.1, 0.15) is 44.5 Å². The van der Waals surface area contributed by atoms with Crippen molar-refractivity contribution in [3.63, 3.8) is 0 Å². The van der Waals surface area contributed by atoms with Crippen molar-refractivity contribution in [3.8, 4) is 152 Å². The van der Waals surface area contributed by atoms with Gasteiger partial charge in [0.05, 0.1) is 10.8 Å². The van der Waals surface area contributed by atoms with E-state index in [0.717, 1.165) is 68.9 Å². The molecule has 0 amide bonds. The van der Waals surface area contributed by atoms with Crippen LogP contribution in [0.5, 0.6) is 5.75 Å². The molecular formula is C116H71BClN6O2S2. The van der Waals surface area contributed by atoms with Crippen LogP contribution in [0.4, 0.5) is 0 Å². The largest absolute Gasteiger partial charge is 0.569 e. The zero-order valence-electron chi connectivity index (χ0n) is 68.7. The van der Waals surface area contributed by atoms with Crippen LogP contribution >= 0.6 is 34.3 Å². The lowest BCUT2D eigenvalue weighted by molar-refractivity contribution is 0.454. The van der Waals surface area contributed by atoms with E-state index in [9.17, 15) is 0 Å². The number of aromatic nitrogens is 6. The summed E-state index contributed by atoms with van der Waals surface area (Å²) in [6.07, 6.45) is 0. The number of benzene rings is 18. The number of nitrogens with zero attached hydrogens (tertiary/aromatic N) is 6. The molecule has 4 heterocycles. The summed E-state index contributed by atoms with van der Waals surface area (Å²) in [7, 11) is 0.722. The maximum atomic E-state index is 9.09. The Morgan fingerprint density at radius 2 is 0.492 bits per heavy atom. The van der Waals surface area contributed by atoms with Crippen molar-refractivity contribution in [2.75, 3.05) is 0 Å². The first-order chi connectivity index (χ1) is 63.3. The van der Waals surface area contributed by atoms with Gasteiger partial charge in [-0.2, -0.15) is 9.97 Å². The molecule has 0 saturated carbocycles. The van der Waals surface area contributed by atoms with Crippen LogP contribution in [0, 0.1) is 0 Å². The second-order valence-electron chi connectivity index (χ2n) is 32.6. The van der Waals surface area contributed by atoms with Gasteiger partial charge >= 0.3 is 7.69 Å². The lowest BCUT2D eigenvalue weighted by Gasteiger charge is -2.30. The quantitative estimate of drug-likeness (QED) is 0.128. The molecule has 4 aliphatic carbocycles. The van der Waals surface area contributed by atoms with E-state index in [1.807, 2.05) is 102 Å². The number of hydrogen-bond donors (Lipinski definition) is 1. The maximum absolute atomic E-state index is 9.09. The minimum absolute atomic E-state index is 0.186. The zero-order chi connectivity index (χ0) is 85.0. The Hall–Kier alpha value is -15.5. The van der Waals surface area contributed by atoms with Gasteiger partial charge in [-0.05, 0) is 200 Å². The lowest BCUT2D eigenvalue weighted by atomic mass is 9.70. The number of halogens is 1. The first-order valence-corrected chi connectivity index (χ1v) is 44.8. The third-order valence-electron chi connectivity index (χ3n) is 25.8. The summed E-state index contributed by atoms with van der Waals surface area (Å²) < 4.78 is 10.4. The fraction of sp³-hybridized carbons (Fsp3) is 0.0172. The minimum atomic E-state index is -0.405. The van der Waals surface area contributed by atoms with Gasteiger partial charge in [0.25, 0.3) is 0 Å². The van der Waals surface area contributed by atoms with Gasteiger partial charge in [-0.1, -0.05) is 370 Å². The minimum Gasteiger partial charge on any atom is -0.537 e. The Kier molecular flexibility index (Phi) is 18.7. The van der Waals surface area contributed by atoms with Crippen molar-refractivity contribution >= 4 is 82.3 Å². The Labute approximate surface area is 753 Å². The molecule has 0 unspecified atom stereocenters. The van der Waals surface area contributed by atoms with E-state index in [4.69, 9.17) is 41.2 Å². The SMILES string of the molecule is Clc1nc(-c2ccccc2)nc(-c2cccc(-c3cccc4c3sc3ccccc34)c2)n1.O[B]Oc1cccc(-c2ccc3c(c2)C2(c4ccccc4-c4ccccc42)c2ccccc2-3)c1.c1ccc(-c2nc(-c3cccc(-c4ccc5c(c4)C4(c6ccccc6-c6ccccc64)c4ccccc4-5)c3)nc(-c3cccc(-c4cccc5c4sc4ccccc45)c3)n2)cc1. The molecule has 22 aromatic rings. The lowest BCUT2D eigenvalue weighted by Crippen LogP contribution is -2.25. The molecule has 599 valence electrons. The van der Waals surface area contributed by atoms with Crippen LogP contribution in [-0.4, -0.2) is 42.6 Å². The smallest absolute Gasteiger partial charge is 0.537 e. The number of rotatable bonds is 11. The van der Waals surface area contributed by atoms with E-state index in [1.54, 1.807) is 0 Å². The molecule has 1 N–H and O–H groups in total. The van der Waals surface area contributed by atoms with Gasteiger partial charge in [0, 0.05) is 68.2 Å². The van der Waals surface area contributed by atoms with Crippen LogP contribution in [0.15, 0.2) is 425 Å². The second kappa shape index (κ2) is 31.3. The molecule has 0 atom stereocenters. The molecule has 4 aliphatic rings. The highest BCUT2D eigenvalue weighted by Gasteiger charge is 2.53. The summed E-state index contributed by atoms with van der Waals surface area (Å²) in [6, 6.07) is 151. The Balaban J connectivity index is 0.000000117. The van der Waals surface area contributed by atoms with Gasteiger partial charge in [0.1, 0.15) is 5.75 Å². The highest BCUT2D eigenvalue weighted by Crippen LogP contribution is 2.65. The van der Waals surface area contributed by atoms with Gasteiger partial charge in [-0.3, -0.25) is 0 Å². The van der Waals surface area contributed by atoms with Crippen LogP contribution in [0.3, 0.4) is 0 Å². The molecule has 12 heteroatoms. The third kappa shape index (κ3) is 12.5. The molecule has 2 spiro atoms. The topological polar surface area (TPSA) is 107 Å². The van der Waals surface area contributed by atoms with Gasteiger partial charge in [-0.15, -0.1) is 22.7 Å². The van der Waals surface area contributed by atoms with E-state index < -0.39 is 5.41 Å². The van der Waals surface area contributed by atoms with Gasteiger partial charge in [-0.25, -0.2) is 19.9 Å². The fourth-order valence-corrected chi connectivity index (χ4v) is 23.0. The van der Waals surface area contributed by atoms with Gasteiger partial charge in [0.2, 0.25) is 5.28 Å². The van der Waals surface area contributed by atoms with Crippen molar-refractivity contribution in [1.29, 1.82) is 0 Å². The predicted octanol–water partition coefficient (Wildman–Crippen LogP) is 29.4. The molecule has 26 rings (SSSR count). The Morgan fingerprint density at radius 3 is 0.898 bits per heavy atom. The molecule has 18 aromatic carbocycles. The third-order valence-corrected chi connectivity index (χ3v) is 28.4. The van der Waals surface area contributed by atoms with Crippen molar-refractivity contribution in [3.05, 3.63) is 474 Å². The molecule has 1 radical (unpaired) electrons. The summed E-state index contributed by atoms with van der Waals surface area (Å²) in [6.45, 7) is 0. The average Bonchev–Trinajstić information content (AvgIpc) is 1.51. The molecule has 128 heavy (non-hydrogen) atoms. The first-order valence-electron chi connectivity index (χ1n) is 42.8. The molecule has 0 bridgehead atoms. The van der Waals surface area contributed by atoms with Crippen LogP contribution in [0.2, 0.25) is 5.28 Å². The van der Waals surface area contributed by atoms with Crippen molar-refractivity contribution in [2.45, 2.75) is 10.8 Å². The summed E-state index contributed by atoms with van der Waals surface area (Å²) in [5.41, 5.74) is 34.0. The Morgan fingerprint density at radius 1 is 0.219 bits per heavy atom. The zero-order valence-corrected chi connectivity index (χ0v) is 71.1. The maximum Gasteiger partial charge on any atom is 0.569 e. The molecule has 0 aliphatic heterocycles. The first kappa shape index (κ1) is 76.2. The molecular weight excluding hydrogens is 1620 g/mol. The molecule has 0 fully saturated rings. The molecule has 8 nitrogen and oxygen atoms in total. The van der Waals surface area contributed by atoms with E-state index in [-0.39, 0.29) is 10.7 Å². The highest BCUT2D eigenvalue weighted by molar-refractivity contribution is 7.26. The highest BCUT2D eigenvalue weighted by atomic mass is 35.5. The van der Waals surface area contributed by atoms with Crippen LogP contribution in [0.25, 0.3) is 186 Å². The van der Waals surface area contributed by atoms with E-state index >= 15 is 0 Å². The van der Waals surface area contributed by atoms with Crippen molar-refractivity contribution in [1.82, 2.24) is 29.9 Å².